The Morgan fingerprint density at radius 2 is 1.92 bits per heavy atom. The molecule has 0 fully saturated rings. The molecule has 0 radical (unpaired) electrons. The monoisotopic (exact) mass is 375 g/mol. The molecule has 2 aromatic rings. The van der Waals surface area contributed by atoms with E-state index in [1.807, 2.05) is 0 Å². The lowest BCUT2D eigenvalue weighted by atomic mass is 10.1. The SMILES string of the molecule is COc1ccc(NC(=O)Cc2ccc(Cl)cc2Cl)cc1OC(F)F. The van der Waals surface area contributed by atoms with Crippen LogP contribution in [0.1, 0.15) is 5.56 Å². The van der Waals surface area contributed by atoms with Crippen molar-refractivity contribution in [3.63, 3.8) is 0 Å². The quantitative estimate of drug-likeness (QED) is 0.789. The first-order chi connectivity index (χ1) is 11.4. The minimum Gasteiger partial charge on any atom is -0.493 e. The predicted octanol–water partition coefficient (Wildman–Crippen LogP) is 4.78. The van der Waals surface area contributed by atoms with E-state index in [1.54, 1.807) is 12.1 Å². The number of hydrogen-bond donors (Lipinski definition) is 1. The Kier molecular flexibility index (Phi) is 6.23. The zero-order valence-corrected chi connectivity index (χ0v) is 14.0. The van der Waals surface area contributed by atoms with Gasteiger partial charge in [0.15, 0.2) is 11.5 Å². The van der Waals surface area contributed by atoms with Crippen molar-refractivity contribution in [3.05, 3.63) is 52.0 Å². The minimum absolute atomic E-state index is 0.00701. The second-order valence-corrected chi connectivity index (χ2v) is 5.55. The average Bonchev–Trinajstić information content (AvgIpc) is 2.50. The van der Waals surface area contributed by atoms with Gasteiger partial charge < -0.3 is 14.8 Å². The molecule has 1 N–H and O–H groups in total. The van der Waals surface area contributed by atoms with Gasteiger partial charge in [-0.05, 0) is 29.8 Å². The fourth-order valence-electron chi connectivity index (χ4n) is 1.99. The van der Waals surface area contributed by atoms with Crippen LogP contribution in [0.3, 0.4) is 0 Å². The maximum absolute atomic E-state index is 12.4. The zero-order chi connectivity index (χ0) is 17.7. The molecule has 2 rings (SSSR count). The molecule has 0 aliphatic carbocycles. The van der Waals surface area contributed by atoms with Gasteiger partial charge in [0.1, 0.15) is 0 Å². The fraction of sp³-hybridized carbons (Fsp3) is 0.188. The van der Waals surface area contributed by atoms with Crippen molar-refractivity contribution in [2.75, 3.05) is 12.4 Å². The molecule has 8 heteroatoms. The maximum atomic E-state index is 12.4. The summed E-state index contributed by atoms with van der Waals surface area (Å²) < 4.78 is 34.1. The number of carbonyl (C=O) groups is 1. The van der Waals surface area contributed by atoms with Crippen molar-refractivity contribution in [2.45, 2.75) is 13.0 Å². The van der Waals surface area contributed by atoms with Crippen LogP contribution in [0.2, 0.25) is 10.0 Å². The molecular formula is C16H13Cl2F2NO3. The zero-order valence-electron chi connectivity index (χ0n) is 12.5. The topological polar surface area (TPSA) is 47.6 Å². The Labute approximate surface area is 147 Å². The highest BCUT2D eigenvalue weighted by Gasteiger charge is 2.13. The molecule has 128 valence electrons. The fourth-order valence-corrected chi connectivity index (χ4v) is 2.46. The van der Waals surface area contributed by atoms with E-state index >= 15 is 0 Å². The smallest absolute Gasteiger partial charge is 0.387 e. The number of anilines is 1. The molecule has 2 aromatic carbocycles. The number of methoxy groups -OCH3 is 1. The van der Waals surface area contributed by atoms with Gasteiger partial charge in [0.05, 0.1) is 13.5 Å². The number of hydrogen-bond acceptors (Lipinski definition) is 3. The van der Waals surface area contributed by atoms with Crippen LogP contribution >= 0.6 is 23.2 Å². The molecule has 0 saturated heterocycles. The number of amides is 1. The first-order valence-corrected chi connectivity index (χ1v) is 7.51. The summed E-state index contributed by atoms with van der Waals surface area (Å²) in [7, 11) is 1.33. The van der Waals surface area contributed by atoms with Crippen LogP contribution < -0.4 is 14.8 Å². The summed E-state index contributed by atoms with van der Waals surface area (Å²) in [6.45, 7) is -3.00. The Morgan fingerprint density at radius 3 is 2.54 bits per heavy atom. The van der Waals surface area contributed by atoms with Crippen molar-refractivity contribution >= 4 is 34.8 Å². The highest BCUT2D eigenvalue weighted by atomic mass is 35.5. The third-order valence-electron chi connectivity index (χ3n) is 3.03. The van der Waals surface area contributed by atoms with Crippen molar-refractivity contribution in [1.82, 2.24) is 0 Å². The summed E-state index contributed by atoms with van der Waals surface area (Å²) in [5, 5.41) is 3.42. The lowest BCUT2D eigenvalue weighted by Gasteiger charge is -2.12. The van der Waals surface area contributed by atoms with E-state index in [1.165, 1.54) is 31.4 Å². The van der Waals surface area contributed by atoms with E-state index in [0.717, 1.165) is 0 Å². The van der Waals surface area contributed by atoms with Gasteiger partial charge in [-0.15, -0.1) is 0 Å². The first kappa shape index (κ1) is 18.3. The van der Waals surface area contributed by atoms with Gasteiger partial charge in [0.25, 0.3) is 0 Å². The summed E-state index contributed by atoms with van der Waals surface area (Å²) in [6.07, 6.45) is 0.00701. The number of halogens is 4. The van der Waals surface area contributed by atoms with Crippen molar-refractivity contribution in [1.29, 1.82) is 0 Å². The van der Waals surface area contributed by atoms with Gasteiger partial charge in [-0.25, -0.2) is 0 Å². The molecule has 1 amide bonds. The van der Waals surface area contributed by atoms with E-state index < -0.39 is 6.61 Å². The van der Waals surface area contributed by atoms with Gasteiger partial charge in [0, 0.05) is 21.8 Å². The molecule has 4 nitrogen and oxygen atoms in total. The van der Waals surface area contributed by atoms with Crippen molar-refractivity contribution in [3.8, 4) is 11.5 Å². The second kappa shape index (κ2) is 8.17. The molecule has 0 unspecified atom stereocenters. The normalized spacial score (nSPS) is 10.6. The number of ether oxygens (including phenoxy) is 2. The molecule has 0 aliphatic heterocycles. The van der Waals surface area contributed by atoms with Gasteiger partial charge in [0.2, 0.25) is 5.91 Å². The number of rotatable bonds is 6. The standard InChI is InChI=1S/C16H13Cl2F2NO3/c1-23-13-5-4-11(8-14(13)24-16(19)20)21-15(22)6-9-2-3-10(17)7-12(9)18/h2-5,7-8,16H,6H2,1H3,(H,21,22). The number of nitrogens with one attached hydrogen (secondary N) is 1. The van der Waals surface area contributed by atoms with E-state index in [4.69, 9.17) is 27.9 Å². The van der Waals surface area contributed by atoms with E-state index in [0.29, 0.717) is 21.3 Å². The molecule has 0 saturated carbocycles. The molecular weight excluding hydrogens is 363 g/mol. The molecule has 0 heterocycles. The van der Waals surface area contributed by atoms with Gasteiger partial charge in [-0.1, -0.05) is 29.3 Å². The maximum Gasteiger partial charge on any atom is 0.387 e. The summed E-state index contributed by atoms with van der Waals surface area (Å²) >= 11 is 11.8. The molecule has 0 aliphatic rings. The second-order valence-electron chi connectivity index (χ2n) is 4.70. The number of carbonyl (C=O) groups excluding carboxylic acids is 1. The van der Waals surface area contributed by atoms with Gasteiger partial charge >= 0.3 is 6.61 Å². The van der Waals surface area contributed by atoms with E-state index in [-0.39, 0.29) is 23.8 Å². The summed E-state index contributed by atoms with van der Waals surface area (Å²) in [6, 6.07) is 8.99. The third kappa shape index (κ3) is 4.97. The first-order valence-electron chi connectivity index (χ1n) is 6.75. The Hall–Kier alpha value is -2.05. The van der Waals surface area contributed by atoms with Crippen LogP contribution in [0.25, 0.3) is 0 Å². The Morgan fingerprint density at radius 1 is 1.17 bits per heavy atom. The van der Waals surface area contributed by atoms with Crippen LogP contribution in [-0.2, 0) is 11.2 Å². The highest BCUT2D eigenvalue weighted by Crippen LogP contribution is 2.31. The number of alkyl halides is 2. The predicted molar refractivity (Wildman–Crippen MR) is 88.4 cm³/mol. The van der Waals surface area contributed by atoms with Crippen LogP contribution in [0.4, 0.5) is 14.5 Å². The van der Waals surface area contributed by atoms with Crippen LogP contribution in [0.15, 0.2) is 36.4 Å². The number of benzene rings is 2. The van der Waals surface area contributed by atoms with Crippen LogP contribution in [-0.4, -0.2) is 19.6 Å². The molecule has 0 spiro atoms. The van der Waals surface area contributed by atoms with E-state index in [9.17, 15) is 13.6 Å². The molecule has 0 bridgehead atoms. The highest BCUT2D eigenvalue weighted by molar-refractivity contribution is 6.35. The molecule has 0 atom stereocenters. The Balaban J connectivity index is 2.10. The summed E-state index contributed by atoms with van der Waals surface area (Å²) in [4.78, 5) is 12.1. The summed E-state index contributed by atoms with van der Waals surface area (Å²) in [5.74, 6) is -0.406. The average molecular weight is 376 g/mol. The van der Waals surface area contributed by atoms with Crippen LogP contribution in [0.5, 0.6) is 11.5 Å². The van der Waals surface area contributed by atoms with E-state index in [2.05, 4.69) is 10.1 Å². The third-order valence-corrected chi connectivity index (χ3v) is 3.62. The Bertz CT molecular complexity index is 741. The summed E-state index contributed by atoms with van der Waals surface area (Å²) in [5.41, 5.74) is 0.887. The lowest BCUT2D eigenvalue weighted by molar-refractivity contribution is -0.115. The van der Waals surface area contributed by atoms with Crippen molar-refractivity contribution < 1.29 is 23.0 Å². The molecule has 24 heavy (non-hydrogen) atoms. The minimum atomic E-state index is -3.00. The molecule has 0 aromatic heterocycles. The largest absolute Gasteiger partial charge is 0.493 e. The van der Waals surface area contributed by atoms with Gasteiger partial charge in [-0.2, -0.15) is 8.78 Å². The van der Waals surface area contributed by atoms with Crippen molar-refractivity contribution in [2.24, 2.45) is 0 Å². The van der Waals surface area contributed by atoms with Crippen LogP contribution in [0, 0.1) is 0 Å². The van der Waals surface area contributed by atoms with Gasteiger partial charge in [-0.3, -0.25) is 4.79 Å². The lowest BCUT2D eigenvalue weighted by Crippen LogP contribution is -2.15.